The van der Waals surface area contributed by atoms with Crippen molar-refractivity contribution >= 4 is 0 Å². The average molecular weight is 208 g/mol. The van der Waals surface area contributed by atoms with Crippen LogP contribution < -0.4 is 5.32 Å². The quantitative estimate of drug-likeness (QED) is 0.583. The molecule has 0 saturated carbocycles. The third-order valence-corrected chi connectivity index (χ3v) is 2.02. The summed E-state index contributed by atoms with van der Waals surface area (Å²) >= 11 is 0. The van der Waals surface area contributed by atoms with Crippen LogP contribution in [0.15, 0.2) is 0 Å². The van der Waals surface area contributed by atoms with Crippen molar-refractivity contribution in [1.82, 2.24) is 10.2 Å². The van der Waals surface area contributed by atoms with E-state index in [2.05, 4.69) is 12.2 Å². The van der Waals surface area contributed by atoms with E-state index in [0.29, 0.717) is 0 Å². The highest BCUT2D eigenvalue weighted by atomic mass is 19.3. The molecule has 0 aliphatic rings. The first-order chi connectivity index (χ1) is 6.66. The van der Waals surface area contributed by atoms with Crippen molar-refractivity contribution < 1.29 is 8.78 Å². The SMILES string of the molecule is CCCNCCCCN(C)CC(F)F. The number of nitrogens with one attached hydrogen (secondary N) is 1. The molecule has 0 heterocycles. The van der Waals surface area contributed by atoms with E-state index in [1.54, 1.807) is 11.9 Å². The van der Waals surface area contributed by atoms with Crippen LogP contribution in [0.2, 0.25) is 0 Å². The number of hydrogen-bond donors (Lipinski definition) is 1. The Morgan fingerprint density at radius 2 is 1.93 bits per heavy atom. The molecule has 0 aliphatic heterocycles. The molecule has 0 atom stereocenters. The van der Waals surface area contributed by atoms with Gasteiger partial charge in [0.05, 0.1) is 6.54 Å². The van der Waals surface area contributed by atoms with Gasteiger partial charge >= 0.3 is 0 Å². The molecule has 0 radical (unpaired) electrons. The standard InChI is InChI=1S/C10H22F2N2/c1-3-6-13-7-4-5-8-14(2)9-10(11)12/h10,13H,3-9H2,1-2H3. The van der Waals surface area contributed by atoms with Crippen molar-refractivity contribution in [1.29, 1.82) is 0 Å². The van der Waals surface area contributed by atoms with E-state index < -0.39 is 6.43 Å². The summed E-state index contributed by atoms with van der Waals surface area (Å²) < 4.78 is 23.8. The lowest BCUT2D eigenvalue weighted by Crippen LogP contribution is -2.26. The van der Waals surface area contributed by atoms with Gasteiger partial charge in [-0.2, -0.15) is 0 Å². The zero-order chi connectivity index (χ0) is 10.8. The van der Waals surface area contributed by atoms with E-state index in [4.69, 9.17) is 0 Å². The second-order valence-electron chi connectivity index (χ2n) is 3.61. The molecule has 86 valence electrons. The zero-order valence-corrected chi connectivity index (χ0v) is 9.23. The van der Waals surface area contributed by atoms with Crippen LogP contribution in [0.4, 0.5) is 8.78 Å². The Kier molecular flexibility index (Phi) is 9.19. The first-order valence-corrected chi connectivity index (χ1v) is 5.34. The molecule has 0 rings (SSSR count). The van der Waals surface area contributed by atoms with Gasteiger partial charge in [0.1, 0.15) is 0 Å². The monoisotopic (exact) mass is 208 g/mol. The molecule has 0 bridgehead atoms. The van der Waals surface area contributed by atoms with E-state index in [-0.39, 0.29) is 6.54 Å². The van der Waals surface area contributed by atoms with E-state index in [1.165, 1.54) is 0 Å². The normalized spacial score (nSPS) is 11.6. The molecule has 0 aromatic heterocycles. The predicted octanol–water partition coefficient (Wildman–Crippen LogP) is 1.96. The van der Waals surface area contributed by atoms with Crippen molar-refractivity contribution in [2.45, 2.75) is 32.6 Å². The Morgan fingerprint density at radius 3 is 2.50 bits per heavy atom. The molecular weight excluding hydrogens is 186 g/mol. The third kappa shape index (κ3) is 9.86. The number of nitrogens with zero attached hydrogens (tertiary/aromatic N) is 1. The summed E-state index contributed by atoms with van der Waals surface area (Å²) in [6.07, 6.45) is 0.983. The maximum atomic E-state index is 11.9. The van der Waals surface area contributed by atoms with Crippen LogP contribution in [0.5, 0.6) is 0 Å². The zero-order valence-electron chi connectivity index (χ0n) is 9.23. The van der Waals surface area contributed by atoms with Crippen LogP contribution in [-0.2, 0) is 0 Å². The van der Waals surface area contributed by atoms with E-state index in [1.807, 2.05) is 0 Å². The average Bonchev–Trinajstić information content (AvgIpc) is 2.10. The summed E-state index contributed by atoms with van der Waals surface area (Å²) in [4.78, 5) is 1.69. The van der Waals surface area contributed by atoms with Gasteiger partial charge in [-0.05, 0) is 45.9 Å². The van der Waals surface area contributed by atoms with Gasteiger partial charge in [-0.1, -0.05) is 6.92 Å². The summed E-state index contributed by atoms with van der Waals surface area (Å²) in [6, 6.07) is 0. The summed E-state index contributed by atoms with van der Waals surface area (Å²) in [6.45, 7) is 4.83. The second-order valence-corrected chi connectivity index (χ2v) is 3.61. The molecule has 4 heteroatoms. The van der Waals surface area contributed by atoms with E-state index in [0.717, 1.165) is 38.9 Å². The molecule has 1 N–H and O–H groups in total. The van der Waals surface area contributed by atoms with Crippen molar-refractivity contribution in [3.63, 3.8) is 0 Å². The summed E-state index contributed by atoms with van der Waals surface area (Å²) in [5.74, 6) is 0. The van der Waals surface area contributed by atoms with Crippen molar-refractivity contribution in [2.24, 2.45) is 0 Å². The lowest BCUT2D eigenvalue weighted by molar-refractivity contribution is 0.0996. The minimum Gasteiger partial charge on any atom is -0.317 e. The minimum absolute atomic E-state index is 0.109. The largest absolute Gasteiger partial charge is 0.317 e. The van der Waals surface area contributed by atoms with Gasteiger partial charge in [-0.25, -0.2) is 8.78 Å². The van der Waals surface area contributed by atoms with Crippen molar-refractivity contribution in [3.05, 3.63) is 0 Å². The van der Waals surface area contributed by atoms with Gasteiger partial charge in [-0.15, -0.1) is 0 Å². The highest BCUT2D eigenvalue weighted by Crippen LogP contribution is 1.97. The predicted molar refractivity (Wildman–Crippen MR) is 55.9 cm³/mol. The number of halogens is 2. The summed E-state index contributed by atoms with van der Waals surface area (Å²) in [7, 11) is 1.74. The maximum Gasteiger partial charge on any atom is 0.251 e. The Bertz CT molecular complexity index is 121. The van der Waals surface area contributed by atoms with Gasteiger partial charge in [0, 0.05) is 0 Å². The molecule has 0 unspecified atom stereocenters. The number of rotatable bonds is 9. The van der Waals surface area contributed by atoms with Crippen LogP contribution in [0.1, 0.15) is 26.2 Å². The lowest BCUT2D eigenvalue weighted by Gasteiger charge is -2.15. The molecular formula is C10H22F2N2. The molecule has 2 nitrogen and oxygen atoms in total. The smallest absolute Gasteiger partial charge is 0.251 e. The van der Waals surface area contributed by atoms with Gasteiger partial charge in [0.15, 0.2) is 0 Å². The van der Waals surface area contributed by atoms with Gasteiger partial charge in [0.25, 0.3) is 6.43 Å². The highest BCUT2D eigenvalue weighted by Gasteiger charge is 2.06. The van der Waals surface area contributed by atoms with Gasteiger partial charge < -0.3 is 10.2 Å². The first kappa shape index (κ1) is 13.8. The maximum absolute atomic E-state index is 11.9. The first-order valence-electron chi connectivity index (χ1n) is 5.34. The van der Waals surface area contributed by atoms with Gasteiger partial charge in [-0.3, -0.25) is 0 Å². The molecule has 0 fully saturated rings. The fraction of sp³-hybridized carbons (Fsp3) is 1.00. The molecule has 0 saturated heterocycles. The molecule has 0 aliphatic carbocycles. The fourth-order valence-electron chi connectivity index (χ4n) is 1.26. The van der Waals surface area contributed by atoms with Crippen LogP contribution in [0.3, 0.4) is 0 Å². The Labute approximate surface area is 85.7 Å². The Balaban J connectivity index is 3.10. The summed E-state index contributed by atoms with van der Waals surface area (Å²) in [5, 5.41) is 3.28. The van der Waals surface area contributed by atoms with E-state index >= 15 is 0 Å². The lowest BCUT2D eigenvalue weighted by atomic mass is 10.3. The highest BCUT2D eigenvalue weighted by molar-refractivity contribution is 4.54. The molecule has 14 heavy (non-hydrogen) atoms. The van der Waals surface area contributed by atoms with Crippen molar-refractivity contribution in [2.75, 3.05) is 33.2 Å². The minimum atomic E-state index is -2.21. The van der Waals surface area contributed by atoms with Crippen molar-refractivity contribution in [3.8, 4) is 0 Å². The molecule has 0 spiro atoms. The molecule has 0 amide bonds. The second kappa shape index (κ2) is 9.34. The number of unbranched alkanes of at least 4 members (excludes halogenated alkanes) is 1. The fourth-order valence-corrected chi connectivity index (χ4v) is 1.26. The molecule has 0 aromatic carbocycles. The van der Waals surface area contributed by atoms with Crippen LogP contribution >= 0.6 is 0 Å². The van der Waals surface area contributed by atoms with Crippen LogP contribution in [0.25, 0.3) is 0 Å². The van der Waals surface area contributed by atoms with E-state index in [9.17, 15) is 8.78 Å². The van der Waals surface area contributed by atoms with Gasteiger partial charge in [0.2, 0.25) is 0 Å². The van der Waals surface area contributed by atoms with Crippen LogP contribution in [-0.4, -0.2) is 44.6 Å². The number of hydrogen-bond acceptors (Lipinski definition) is 2. The Morgan fingerprint density at radius 1 is 1.21 bits per heavy atom. The van der Waals surface area contributed by atoms with Crippen LogP contribution in [0, 0.1) is 0 Å². The number of alkyl halides is 2. The molecule has 0 aromatic rings. The third-order valence-electron chi connectivity index (χ3n) is 2.02. The Hall–Kier alpha value is -0.220. The topological polar surface area (TPSA) is 15.3 Å². The summed E-state index contributed by atoms with van der Waals surface area (Å²) in [5.41, 5.74) is 0.